The van der Waals surface area contributed by atoms with Gasteiger partial charge in [0.15, 0.2) is 6.61 Å². The zero-order valence-electron chi connectivity index (χ0n) is 18.6. The minimum absolute atomic E-state index is 0.152. The van der Waals surface area contributed by atoms with Crippen LogP contribution in [0.25, 0.3) is 0 Å². The van der Waals surface area contributed by atoms with Gasteiger partial charge in [-0.1, -0.05) is 66.2 Å². The first-order valence-electron chi connectivity index (χ1n) is 11.1. The molecule has 2 amide bonds. The molecule has 1 saturated carbocycles. The fourth-order valence-electron chi connectivity index (χ4n) is 3.85. The molecule has 5 nitrogen and oxygen atoms in total. The van der Waals surface area contributed by atoms with Crippen molar-refractivity contribution in [2.45, 2.75) is 64.6 Å². The van der Waals surface area contributed by atoms with Crippen LogP contribution in [0.3, 0.4) is 0 Å². The smallest absolute Gasteiger partial charge is 0.261 e. The highest BCUT2D eigenvalue weighted by atomic mass is 35.5. The summed E-state index contributed by atoms with van der Waals surface area (Å²) in [6, 6.07) is 12.2. The summed E-state index contributed by atoms with van der Waals surface area (Å²) >= 11 is 12.2. The van der Waals surface area contributed by atoms with Gasteiger partial charge in [-0.05, 0) is 56.5 Å². The number of nitrogens with one attached hydrogen (secondary N) is 1. The van der Waals surface area contributed by atoms with Crippen molar-refractivity contribution < 1.29 is 14.3 Å². The minimum atomic E-state index is -0.652. The molecule has 0 spiro atoms. The van der Waals surface area contributed by atoms with E-state index in [2.05, 4.69) is 5.32 Å². The predicted octanol–water partition coefficient (Wildman–Crippen LogP) is 5.55. The van der Waals surface area contributed by atoms with Gasteiger partial charge in [0.05, 0.1) is 10.0 Å². The van der Waals surface area contributed by atoms with Gasteiger partial charge >= 0.3 is 0 Å². The van der Waals surface area contributed by atoms with Crippen LogP contribution in [0, 0.1) is 6.92 Å². The zero-order chi connectivity index (χ0) is 23.1. The first-order chi connectivity index (χ1) is 15.3. The predicted molar refractivity (Wildman–Crippen MR) is 128 cm³/mol. The van der Waals surface area contributed by atoms with Crippen molar-refractivity contribution in [2.24, 2.45) is 0 Å². The van der Waals surface area contributed by atoms with Gasteiger partial charge in [-0.25, -0.2) is 0 Å². The van der Waals surface area contributed by atoms with Crippen molar-refractivity contribution >= 4 is 35.0 Å². The summed E-state index contributed by atoms with van der Waals surface area (Å²) in [5.74, 6) is 0.182. The number of rotatable bonds is 8. The van der Waals surface area contributed by atoms with E-state index in [9.17, 15) is 9.59 Å². The lowest BCUT2D eigenvalue weighted by Crippen LogP contribution is -2.51. The Kier molecular flexibility index (Phi) is 8.83. The molecule has 0 saturated heterocycles. The highest BCUT2D eigenvalue weighted by molar-refractivity contribution is 6.42. The van der Waals surface area contributed by atoms with Gasteiger partial charge in [0.2, 0.25) is 5.91 Å². The number of amides is 2. The fraction of sp³-hybridized carbons (Fsp3) is 0.440. The summed E-state index contributed by atoms with van der Waals surface area (Å²) in [5, 5.41) is 3.97. The number of halogens is 2. The highest BCUT2D eigenvalue weighted by Crippen LogP contribution is 2.24. The van der Waals surface area contributed by atoms with Crippen LogP contribution in [0.1, 0.15) is 50.2 Å². The van der Waals surface area contributed by atoms with E-state index in [0.29, 0.717) is 15.8 Å². The van der Waals surface area contributed by atoms with Gasteiger partial charge in [-0.15, -0.1) is 0 Å². The van der Waals surface area contributed by atoms with E-state index in [0.717, 1.165) is 36.8 Å². The van der Waals surface area contributed by atoms with Crippen LogP contribution in [-0.2, 0) is 16.1 Å². The molecule has 0 unspecified atom stereocenters. The number of hydrogen-bond donors (Lipinski definition) is 1. The molecule has 1 N–H and O–H groups in total. The van der Waals surface area contributed by atoms with Gasteiger partial charge in [0.1, 0.15) is 11.8 Å². The summed E-state index contributed by atoms with van der Waals surface area (Å²) in [7, 11) is 0. The molecular weight excluding hydrogens is 447 g/mol. The van der Waals surface area contributed by atoms with Gasteiger partial charge in [-0.3, -0.25) is 9.59 Å². The normalized spacial score (nSPS) is 15.1. The average molecular weight is 477 g/mol. The molecule has 172 valence electrons. The molecule has 3 rings (SSSR count). The molecule has 1 aliphatic carbocycles. The molecule has 1 aliphatic rings. The highest BCUT2D eigenvalue weighted by Gasteiger charge is 2.28. The number of hydrogen-bond acceptors (Lipinski definition) is 3. The van der Waals surface area contributed by atoms with E-state index in [1.54, 1.807) is 25.1 Å². The van der Waals surface area contributed by atoms with E-state index in [-0.39, 0.29) is 31.0 Å². The number of carbonyl (C=O) groups is 2. The first-order valence-corrected chi connectivity index (χ1v) is 11.8. The molecule has 0 radical (unpaired) electrons. The lowest BCUT2D eigenvalue weighted by molar-refractivity contribution is -0.142. The standard InChI is InChI=1S/C25H30Cl2N2O3/c1-17-8-11-21(12-9-17)32-16-24(30)29(15-19-10-13-22(26)23(27)14-19)18(2)25(31)28-20-6-4-3-5-7-20/h8-14,18,20H,3-7,15-16H2,1-2H3,(H,28,31)/t18-/m1/s1. The van der Waals surface area contributed by atoms with Crippen LogP contribution in [0.5, 0.6) is 5.75 Å². The zero-order valence-corrected chi connectivity index (χ0v) is 20.1. The Morgan fingerprint density at radius 1 is 1.06 bits per heavy atom. The molecule has 32 heavy (non-hydrogen) atoms. The SMILES string of the molecule is Cc1ccc(OCC(=O)N(Cc2ccc(Cl)c(Cl)c2)[C@H](C)C(=O)NC2CCCCC2)cc1. The Hall–Kier alpha value is -2.24. The first kappa shape index (κ1) is 24.4. The van der Waals surface area contributed by atoms with Gasteiger partial charge in [0.25, 0.3) is 5.91 Å². The van der Waals surface area contributed by atoms with E-state index in [4.69, 9.17) is 27.9 Å². The Balaban J connectivity index is 1.72. The van der Waals surface area contributed by atoms with Crippen LogP contribution in [-0.4, -0.2) is 35.4 Å². The summed E-state index contributed by atoms with van der Waals surface area (Å²) in [4.78, 5) is 27.7. The fourth-order valence-corrected chi connectivity index (χ4v) is 4.17. The van der Waals surface area contributed by atoms with Crippen LogP contribution in [0.4, 0.5) is 0 Å². The van der Waals surface area contributed by atoms with Crippen molar-refractivity contribution in [1.29, 1.82) is 0 Å². The van der Waals surface area contributed by atoms with E-state index >= 15 is 0 Å². The van der Waals surface area contributed by atoms with Crippen LogP contribution in [0.2, 0.25) is 10.0 Å². The number of ether oxygens (including phenoxy) is 1. The summed E-state index contributed by atoms with van der Waals surface area (Å²) in [6.45, 7) is 3.80. The second-order valence-corrected chi connectivity index (χ2v) is 9.21. The molecule has 0 heterocycles. The minimum Gasteiger partial charge on any atom is -0.484 e. The Bertz CT molecular complexity index is 927. The van der Waals surface area contributed by atoms with Crippen molar-refractivity contribution in [3.05, 3.63) is 63.6 Å². The number of nitrogens with zero attached hydrogens (tertiary/aromatic N) is 1. The second-order valence-electron chi connectivity index (χ2n) is 8.39. The maximum atomic E-state index is 13.1. The van der Waals surface area contributed by atoms with E-state index < -0.39 is 6.04 Å². The second kappa shape index (κ2) is 11.6. The molecule has 2 aromatic rings. The summed E-state index contributed by atoms with van der Waals surface area (Å²) in [6.07, 6.45) is 5.41. The molecule has 0 bridgehead atoms. The molecule has 0 aromatic heterocycles. The Labute approximate surface area is 200 Å². The lowest BCUT2D eigenvalue weighted by atomic mass is 9.95. The topological polar surface area (TPSA) is 58.6 Å². The van der Waals surface area contributed by atoms with Crippen LogP contribution in [0.15, 0.2) is 42.5 Å². The van der Waals surface area contributed by atoms with E-state index in [1.165, 1.54) is 11.3 Å². The monoisotopic (exact) mass is 476 g/mol. The van der Waals surface area contributed by atoms with Crippen LogP contribution >= 0.6 is 23.2 Å². The van der Waals surface area contributed by atoms with Crippen molar-refractivity contribution in [2.75, 3.05) is 6.61 Å². The largest absolute Gasteiger partial charge is 0.484 e. The number of aryl methyl sites for hydroxylation is 1. The third-order valence-electron chi connectivity index (χ3n) is 5.84. The third-order valence-corrected chi connectivity index (χ3v) is 6.58. The average Bonchev–Trinajstić information content (AvgIpc) is 2.79. The maximum Gasteiger partial charge on any atom is 0.261 e. The maximum absolute atomic E-state index is 13.1. The van der Waals surface area contributed by atoms with Gasteiger partial charge in [0, 0.05) is 12.6 Å². The van der Waals surface area contributed by atoms with Crippen molar-refractivity contribution in [3.63, 3.8) is 0 Å². The molecule has 0 aliphatic heterocycles. The third kappa shape index (κ3) is 6.88. The quantitative estimate of drug-likeness (QED) is 0.543. The summed E-state index contributed by atoms with van der Waals surface area (Å²) in [5.41, 5.74) is 1.90. The molecule has 1 fully saturated rings. The van der Waals surface area contributed by atoms with E-state index in [1.807, 2.05) is 31.2 Å². The summed E-state index contributed by atoms with van der Waals surface area (Å²) < 4.78 is 5.69. The van der Waals surface area contributed by atoms with Crippen molar-refractivity contribution in [1.82, 2.24) is 10.2 Å². The lowest BCUT2D eigenvalue weighted by Gasteiger charge is -2.31. The number of benzene rings is 2. The molecule has 1 atom stereocenters. The Morgan fingerprint density at radius 3 is 2.41 bits per heavy atom. The van der Waals surface area contributed by atoms with Crippen LogP contribution < -0.4 is 10.1 Å². The molecule has 2 aromatic carbocycles. The number of carbonyl (C=O) groups excluding carboxylic acids is 2. The van der Waals surface area contributed by atoms with Gasteiger partial charge in [-0.2, -0.15) is 0 Å². The molecule has 7 heteroatoms. The van der Waals surface area contributed by atoms with Gasteiger partial charge < -0.3 is 15.0 Å². The molecular formula is C25H30Cl2N2O3. The van der Waals surface area contributed by atoms with Crippen molar-refractivity contribution in [3.8, 4) is 5.75 Å². The Morgan fingerprint density at radius 2 is 1.75 bits per heavy atom.